The minimum atomic E-state index is -0.000453. The highest BCUT2D eigenvalue weighted by Gasteiger charge is 2.21. The summed E-state index contributed by atoms with van der Waals surface area (Å²) in [6, 6.07) is 8.22. The lowest BCUT2D eigenvalue weighted by Gasteiger charge is -2.14. The molecule has 0 radical (unpaired) electrons. The number of H-pyrrole nitrogens is 1. The Hall–Kier alpha value is -3.15. The van der Waals surface area contributed by atoms with Crippen molar-refractivity contribution in [1.29, 1.82) is 0 Å². The molecule has 0 spiro atoms. The van der Waals surface area contributed by atoms with Gasteiger partial charge in [0.15, 0.2) is 5.82 Å². The van der Waals surface area contributed by atoms with Crippen LogP contribution in [0.3, 0.4) is 0 Å². The highest BCUT2D eigenvalue weighted by Crippen LogP contribution is 2.30. The summed E-state index contributed by atoms with van der Waals surface area (Å²) in [5, 5.41) is 4.89. The van der Waals surface area contributed by atoms with Gasteiger partial charge in [-0.15, -0.1) is 5.10 Å². The molecule has 0 amide bonds. The molecule has 4 rings (SSSR count). The van der Waals surface area contributed by atoms with Crippen LogP contribution in [0.25, 0.3) is 28.3 Å². The van der Waals surface area contributed by atoms with Crippen molar-refractivity contribution >= 4 is 5.52 Å². The fourth-order valence-corrected chi connectivity index (χ4v) is 4.17. The van der Waals surface area contributed by atoms with Gasteiger partial charge in [-0.05, 0) is 55.9 Å². The Labute approximate surface area is 170 Å². The largest absolute Gasteiger partial charge is 0.345 e. The van der Waals surface area contributed by atoms with Crippen molar-refractivity contribution in [3.8, 4) is 22.8 Å². The summed E-state index contributed by atoms with van der Waals surface area (Å²) in [6.45, 7) is 8.39. The molecule has 6 heteroatoms. The molecule has 0 bridgehead atoms. The molecular weight excluding hydrogens is 362 g/mol. The summed E-state index contributed by atoms with van der Waals surface area (Å²) < 4.78 is 3.50. The van der Waals surface area contributed by atoms with E-state index in [0.29, 0.717) is 17.3 Å². The molecule has 3 heterocycles. The lowest BCUT2D eigenvalue weighted by atomic mass is 9.95. The fraction of sp³-hybridized carbons (Fsp3) is 0.348. The van der Waals surface area contributed by atoms with Gasteiger partial charge >= 0.3 is 0 Å². The van der Waals surface area contributed by atoms with Gasteiger partial charge < -0.3 is 4.98 Å². The van der Waals surface area contributed by atoms with Crippen molar-refractivity contribution in [2.45, 2.75) is 46.5 Å². The van der Waals surface area contributed by atoms with Crippen molar-refractivity contribution in [3.63, 3.8) is 0 Å². The predicted octanol–water partition coefficient (Wildman–Crippen LogP) is 4.61. The smallest absolute Gasteiger partial charge is 0.278 e. The van der Waals surface area contributed by atoms with Gasteiger partial charge in [0, 0.05) is 36.3 Å². The van der Waals surface area contributed by atoms with Crippen LogP contribution in [-0.4, -0.2) is 24.1 Å². The average molecular weight is 390 g/mol. The van der Waals surface area contributed by atoms with Gasteiger partial charge in [-0.25, -0.2) is 9.50 Å². The second-order valence-electron chi connectivity index (χ2n) is 7.67. The molecule has 0 aliphatic heterocycles. The van der Waals surface area contributed by atoms with E-state index in [9.17, 15) is 4.79 Å². The molecule has 0 saturated carbocycles. The van der Waals surface area contributed by atoms with Crippen LogP contribution in [-0.2, 0) is 7.05 Å². The third kappa shape index (κ3) is 3.09. The summed E-state index contributed by atoms with van der Waals surface area (Å²) in [5.41, 5.74) is 5.80. The Morgan fingerprint density at radius 3 is 2.52 bits per heavy atom. The number of nitrogens with one attached hydrogen (secondary N) is 1. The van der Waals surface area contributed by atoms with E-state index in [0.717, 1.165) is 46.6 Å². The second kappa shape index (κ2) is 7.35. The van der Waals surface area contributed by atoms with Gasteiger partial charge in [0.25, 0.3) is 5.56 Å². The van der Waals surface area contributed by atoms with E-state index < -0.39 is 0 Å². The van der Waals surface area contributed by atoms with Crippen LogP contribution < -0.4 is 5.56 Å². The first kappa shape index (κ1) is 19.2. The molecule has 0 fully saturated rings. The number of rotatable bonds is 5. The van der Waals surface area contributed by atoms with Crippen LogP contribution in [0.2, 0.25) is 0 Å². The maximum Gasteiger partial charge on any atom is 0.278 e. The number of benzene rings is 1. The summed E-state index contributed by atoms with van der Waals surface area (Å²) in [7, 11) is 1.81. The van der Waals surface area contributed by atoms with Gasteiger partial charge in [-0.3, -0.25) is 9.36 Å². The molecule has 0 atom stereocenters. The molecule has 4 aromatic rings. The molecule has 150 valence electrons. The second-order valence-corrected chi connectivity index (χ2v) is 7.67. The van der Waals surface area contributed by atoms with Crippen molar-refractivity contribution < 1.29 is 0 Å². The van der Waals surface area contributed by atoms with Crippen molar-refractivity contribution in [3.05, 3.63) is 63.8 Å². The predicted molar refractivity (Wildman–Crippen MR) is 116 cm³/mol. The first-order valence-electron chi connectivity index (χ1n) is 10.2. The van der Waals surface area contributed by atoms with Crippen LogP contribution in [0.5, 0.6) is 0 Å². The quantitative estimate of drug-likeness (QED) is 0.542. The number of nitrogens with zero attached hydrogens (tertiary/aromatic N) is 4. The highest BCUT2D eigenvalue weighted by molar-refractivity contribution is 5.68. The molecule has 1 aromatic carbocycles. The Kier molecular flexibility index (Phi) is 4.86. The van der Waals surface area contributed by atoms with Gasteiger partial charge in [-0.2, -0.15) is 0 Å². The summed E-state index contributed by atoms with van der Waals surface area (Å²) in [6.07, 6.45) is 5.57. The molecule has 3 aromatic heterocycles. The zero-order valence-electron chi connectivity index (χ0n) is 17.7. The van der Waals surface area contributed by atoms with Gasteiger partial charge in [0.2, 0.25) is 0 Å². The van der Waals surface area contributed by atoms with Gasteiger partial charge in [-0.1, -0.05) is 26.0 Å². The number of hydrogen-bond acceptors (Lipinski definition) is 3. The third-order valence-corrected chi connectivity index (χ3v) is 5.87. The number of hydrogen-bond donors (Lipinski definition) is 1. The number of aromatic amines is 1. The normalized spacial score (nSPS) is 11.7. The Morgan fingerprint density at radius 2 is 1.90 bits per heavy atom. The minimum Gasteiger partial charge on any atom is -0.345 e. The van der Waals surface area contributed by atoms with Crippen molar-refractivity contribution in [2.24, 2.45) is 7.05 Å². The highest BCUT2D eigenvalue weighted by atomic mass is 16.1. The van der Waals surface area contributed by atoms with E-state index in [1.165, 1.54) is 0 Å². The topological polar surface area (TPSA) is 68.0 Å². The first-order valence-corrected chi connectivity index (χ1v) is 10.2. The van der Waals surface area contributed by atoms with Crippen molar-refractivity contribution in [2.75, 3.05) is 0 Å². The SMILES string of the molecule is CCC(CC)c1cc(C)n2nc(-c3ccc(-c4ncc[nH]4)cc3C)n(C)c(=O)c12. The van der Waals surface area contributed by atoms with Crippen molar-refractivity contribution in [1.82, 2.24) is 24.1 Å². The summed E-state index contributed by atoms with van der Waals surface area (Å²) in [4.78, 5) is 20.8. The molecular formula is C23H27N5O. The zero-order chi connectivity index (χ0) is 20.7. The van der Waals surface area contributed by atoms with Crippen LogP contribution >= 0.6 is 0 Å². The van der Waals surface area contributed by atoms with Gasteiger partial charge in [0.1, 0.15) is 11.3 Å². The van der Waals surface area contributed by atoms with Crippen LogP contribution in [0.15, 0.2) is 41.5 Å². The molecule has 0 aliphatic carbocycles. The average Bonchev–Trinajstić information content (AvgIpc) is 3.35. The maximum atomic E-state index is 13.3. The molecule has 6 nitrogen and oxygen atoms in total. The zero-order valence-corrected chi connectivity index (χ0v) is 17.7. The Morgan fingerprint density at radius 1 is 1.14 bits per heavy atom. The molecule has 0 aliphatic rings. The number of fused-ring (bicyclic) bond motifs is 1. The molecule has 0 unspecified atom stereocenters. The number of aromatic nitrogens is 5. The van der Waals surface area contributed by atoms with Gasteiger partial charge in [0.05, 0.1) is 0 Å². The lowest BCUT2D eigenvalue weighted by Crippen LogP contribution is -2.24. The van der Waals surface area contributed by atoms with E-state index in [2.05, 4.69) is 35.9 Å². The lowest BCUT2D eigenvalue weighted by molar-refractivity contribution is 0.644. The van der Waals surface area contributed by atoms with E-state index >= 15 is 0 Å². The monoisotopic (exact) mass is 389 g/mol. The molecule has 29 heavy (non-hydrogen) atoms. The van der Waals surface area contributed by atoms with Crippen LogP contribution in [0.1, 0.15) is 49.4 Å². The maximum absolute atomic E-state index is 13.3. The third-order valence-electron chi connectivity index (χ3n) is 5.87. The summed E-state index contributed by atoms with van der Waals surface area (Å²) in [5.74, 6) is 1.86. The number of aryl methyl sites for hydroxylation is 2. The molecule has 0 saturated heterocycles. The fourth-order valence-electron chi connectivity index (χ4n) is 4.17. The van der Waals surface area contributed by atoms with Crippen LogP contribution in [0, 0.1) is 13.8 Å². The standard InChI is InChI=1S/C23H27N5O/c1-6-16(7-2)19-13-15(4)28-20(19)23(29)27(5)22(26-28)18-9-8-17(12-14(18)3)21-24-10-11-25-21/h8-13,16H,6-7H2,1-5H3,(H,24,25). The first-order chi connectivity index (χ1) is 14.0. The van der Waals surface area contributed by atoms with E-state index in [-0.39, 0.29) is 5.56 Å². The Balaban J connectivity index is 1.91. The Bertz CT molecular complexity index is 1230. The molecule has 1 N–H and O–H groups in total. The van der Waals surface area contributed by atoms with E-state index in [1.54, 1.807) is 10.8 Å². The van der Waals surface area contributed by atoms with E-state index in [1.807, 2.05) is 43.7 Å². The minimum absolute atomic E-state index is 0.000453. The van der Waals surface area contributed by atoms with Crippen LogP contribution in [0.4, 0.5) is 0 Å². The summed E-state index contributed by atoms with van der Waals surface area (Å²) >= 11 is 0. The van der Waals surface area contributed by atoms with E-state index in [4.69, 9.17) is 5.10 Å². The number of imidazole rings is 1.